The van der Waals surface area contributed by atoms with Gasteiger partial charge in [0.15, 0.2) is 0 Å². The van der Waals surface area contributed by atoms with E-state index < -0.39 is 0 Å². The zero-order chi connectivity index (χ0) is 15.9. The molecular formula is C19H19FN2O. The molecule has 1 aliphatic heterocycles. The van der Waals surface area contributed by atoms with E-state index in [1.807, 2.05) is 24.3 Å². The Morgan fingerprint density at radius 3 is 2.65 bits per heavy atom. The average molecular weight is 310 g/mol. The van der Waals surface area contributed by atoms with Crippen LogP contribution in [0.15, 0.2) is 48.5 Å². The third-order valence-electron chi connectivity index (χ3n) is 5.16. The fourth-order valence-electron chi connectivity index (χ4n) is 3.94. The Labute approximate surface area is 134 Å². The Morgan fingerprint density at radius 2 is 1.87 bits per heavy atom. The van der Waals surface area contributed by atoms with E-state index in [-0.39, 0.29) is 23.2 Å². The van der Waals surface area contributed by atoms with Crippen LogP contribution in [0.1, 0.15) is 31.2 Å². The Bertz CT molecular complexity index is 751. The number of nitrogens with one attached hydrogen (secondary N) is 2. The summed E-state index contributed by atoms with van der Waals surface area (Å²) < 4.78 is 13.3. The van der Waals surface area contributed by atoms with Crippen molar-refractivity contribution in [3.05, 3.63) is 59.9 Å². The monoisotopic (exact) mass is 310 g/mol. The molecule has 1 heterocycles. The van der Waals surface area contributed by atoms with E-state index in [0.717, 1.165) is 42.6 Å². The van der Waals surface area contributed by atoms with Gasteiger partial charge in [0, 0.05) is 17.4 Å². The highest BCUT2D eigenvalue weighted by molar-refractivity contribution is 6.06. The Hall–Kier alpha value is -2.36. The maximum atomic E-state index is 13.3. The summed E-state index contributed by atoms with van der Waals surface area (Å²) in [5.41, 5.74) is 2.52. The van der Waals surface area contributed by atoms with E-state index in [2.05, 4.69) is 16.7 Å². The van der Waals surface area contributed by atoms with Crippen LogP contribution in [0.25, 0.3) is 0 Å². The molecular weight excluding hydrogens is 291 g/mol. The van der Waals surface area contributed by atoms with Crippen molar-refractivity contribution in [1.29, 1.82) is 0 Å². The number of fused-ring (bicyclic) bond motifs is 2. The first-order valence-corrected chi connectivity index (χ1v) is 8.10. The first kappa shape index (κ1) is 14.2. The van der Waals surface area contributed by atoms with E-state index >= 15 is 0 Å². The molecule has 1 saturated carbocycles. The number of benzene rings is 2. The van der Waals surface area contributed by atoms with E-state index in [4.69, 9.17) is 0 Å². The molecule has 2 aromatic rings. The van der Waals surface area contributed by atoms with Crippen LogP contribution >= 0.6 is 0 Å². The van der Waals surface area contributed by atoms with Gasteiger partial charge in [-0.25, -0.2) is 4.39 Å². The lowest BCUT2D eigenvalue weighted by atomic mass is 9.69. The van der Waals surface area contributed by atoms with Crippen LogP contribution in [-0.4, -0.2) is 11.9 Å². The van der Waals surface area contributed by atoms with Crippen molar-refractivity contribution < 1.29 is 9.18 Å². The van der Waals surface area contributed by atoms with Crippen LogP contribution in [0.2, 0.25) is 0 Å². The molecule has 0 unspecified atom stereocenters. The van der Waals surface area contributed by atoms with Crippen molar-refractivity contribution in [3.63, 3.8) is 0 Å². The van der Waals surface area contributed by atoms with Gasteiger partial charge in [0.2, 0.25) is 5.91 Å². The van der Waals surface area contributed by atoms with Crippen LogP contribution in [0, 0.1) is 5.82 Å². The SMILES string of the molecule is O=C1Nc2ccccc2C12CCC(Nc1cccc(F)c1)CC2. The highest BCUT2D eigenvalue weighted by Gasteiger charge is 2.48. The largest absolute Gasteiger partial charge is 0.382 e. The molecule has 1 amide bonds. The first-order valence-electron chi connectivity index (χ1n) is 8.10. The third kappa shape index (κ3) is 2.38. The molecule has 0 atom stereocenters. The minimum Gasteiger partial charge on any atom is -0.382 e. The van der Waals surface area contributed by atoms with Gasteiger partial charge in [0.25, 0.3) is 0 Å². The molecule has 1 spiro atoms. The second-order valence-corrected chi connectivity index (χ2v) is 6.51. The number of carbonyl (C=O) groups is 1. The summed E-state index contributed by atoms with van der Waals surface area (Å²) in [4.78, 5) is 12.5. The zero-order valence-corrected chi connectivity index (χ0v) is 12.8. The van der Waals surface area contributed by atoms with Crippen LogP contribution in [0.4, 0.5) is 15.8 Å². The van der Waals surface area contributed by atoms with Crippen molar-refractivity contribution in [1.82, 2.24) is 0 Å². The normalized spacial score (nSPS) is 26.0. The number of anilines is 2. The molecule has 3 nitrogen and oxygen atoms in total. The van der Waals surface area contributed by atoms with Gasteiger partial charge < -0.3 is 10.6 Å². The second kappa shape index (κ2) is 5.37. The Morgan fingerprint density at radius 1 is 1.09 bits per heavy atom. The van der Waals surface area contributed by atoms with Crippen LogP contribution in [0.3, 0.4) is 0 Å². The van der Waals surface area contributed by atoms with Crippen LogP contribution < -0.4 is 10.6 Å². The minimum absolute atomic E-state index is 0.128. The van der Waals surface area contributed by atoms with E-state index in [0.29, 0.717) is 0 Å². The van der Waals surface area contributed by atoms with Crippen molar-refractivity contribution >= 4 is 17.3 Å². The highest BCUT2D eigenvalue weighted by atomic mass is 19.1. The van der Waals surface area contributed by atoms with Gasteiger partial charge >= 0.3 is 0 Å². The quantitative estimate of drug-likeness (QED) is 0.878. The molecule has 0 bridgehead atoms. The maximum Gasteiger partial charge on any atom is 0.235 e. The Kier molecular flexibility index (Phi) is 3.33. The molecule has 0 saturated heterocycles. The van der Waals surface area contributed by atoms with Crippen molar-refractivity contribution in [2.45, 2.75) is 37.1 Å². The third-order valence-corrected chi connectivity index (χ3v) is 5.16. The van der Waals surface area contributed by atoms with E-state index in [9.17, 15) is 9.18 Å². The van der Waals surface area contributed by atoms with Crippen molar-refractivity contribution in [2.24, 2.45) is 0 Å². The molecule has 4 rings (SSSR count). The molecule has 2 N–H and O–H groups in total. The molecule has 2 aromatic carbocycles. The van der Waals surface area contributed by atoms with Gasteiger partial charge in [-0.2, -0.15) is 0 Å². The maximum absolute atomic E-state index is 13.3. The summed E-state index contributed by atoms with van der Waals surface area (Å²) >= 11 is 0. The predicted molar refractivity (Wildman–Crippen MR) is 89.0 cm³/mol. The topological polar surface area (TPSA) is 41.1 Å². The van der Waals surface area contributed by atoms with Crippen molar-refractivity contribution in [2.75, 3.05) is 10.6 Å². The molecule has 118 valence electrons. The highest BCUT2D eigenvalue weighted by Crippen LogP contribution is 2.47. The predicted octanol–water partition coefficient (Wildman–Crippen LogP) is 4.07. The lowest BCUT2D eigenvalue weighted by Crippen LogP contribution is -2.41. The van der Waals surface area contributed by atoms with E-state index in [1.165, 1.54) is 12.1 Å². The number of para-hydroxylation sites is 1. The number of rotatable bonds is 2. The van der Waals surface area contributed by atoms with Gasteiger partial charge in [0.05, 0.1) is 5.41 Å². The van der Waals surface area contributed by atoms with Crippen LogP contribution in [0.5, 0.6) is 0 Å². The number of amides is 1. The molecule has 2 aliphatic rings. The molecule has 1 fully saturated rings. The lowest BCUT2D eigenvalue weighted by molar-refractivity contribution is -0.122. The summed E-state index contributed by atoms with van der Waals surface area (Å²) in [5, 5.41) is 6.42. The van der Waals surface area contributed by atoms with Gasteiger partial charge in [-0.1, -0.05) is 24.3 Å². The first-order chi connectivity index (χ1) is 11.2. The van der Waals surface area contributed by atoms with Gasteiger partial charge in [-0.15, -0.1) is 0 Å². The standard InChI is InChI=1S/C19H19FN2O/c20-13-4-3-5-15(12-13)21-14-8-10-19(11-9-14)16-6-1-2-7-17(16)22-18(19)23/h1-7,12,14,21H,8-11H2,(H,22,23). The minimum atomic E-state index is -0.378. The second-order valence-electron chi connectivity index (χ2n) is 6.51. The average Bonchev–Trinajstić information content (AvgIpc) is 2.82. The van der Waals surface area contributed by atoms with Gasteiger partial charge in [-0.3, -0.25) is 4.79 Å². The molecule has 23 heavy (non-hydrogen) atoms. The number of halogens is 1. The lowest BCUT2D eigenvalue weighted by Gasteiger charge is -2.36. The fourth-order valence-corrected chi connectivity index (χ4v) is 3.94. The molecule has 0 aromatic heterocycles. The van der Waals surface area contributed by atoms with Gasteiger partial charge in [0.1, 0.15) is 5.82 Å². The van der Waals surface area contributed by atoms with E-state index in [1.54, 1.807) is 6.07 Å². The number of hydrogen-bond donors (Lipinski definition) is 2. The van der Waals surface area contributed by atoms with Crippen molar-refractivity contribution in [3.8, 4) is 0 Å². The number of hydrogen-bond acceptors (Lipinski definition) is 2. The smallest absolute Gasteiger partial charge is 0.235 e. The molecule has 0 radical (unpaired) electrons. The summed E-state index contributed by atoms with van der Waals surface area (Å²) in [5.74, 6) is -0.103. The summed E-state index contributed by atoms with van der Waals surface area (Å²) in [6.45, 7) is 0. The Balaban J connectivity index is 1.50. The van der Waals surface area contributed by atoms with Crippen LogP contribution in [-0.2, 0) is 10.2 Å². The summed E-state index contributed by atoms with van der Waals surface area (Å²) in [6, 6.07) is 14.8. The summed E-state index contributed by atoms with van der Waals surface area (Å²) in [7, 11) is 0. The summed E-state index contributed by atoms with van der Waals surface area (Å²) in [6.07, 6.45) is 3.45. The molecule has 4 heteroatoms. The zero-order valence-electron chi connectivity index (χ0n) is 12.8. The van der Waals surface area contributed by atoms with Gasteiger partial charge in [-0.05, 0) is 55.5 Å². The number of carbonyl (C=O) groups excluding carboxylic acids is 1. The fraction of sp³-hybridized carbons (Fsp3) is 0.316. The molecule has 1 aliphatic carbocycles.